The largest absolute Gasteiger partial charge is 0.390 e. The highest BCUT2D eigenvalue weighted by Crippen LogP contribution is 2.61. The smallest absolute Gasteiger partial charge is 0.327 e. The topological polar surface area (TPSA) is 83.8 Å². The van der Waals surface area contributed by atoms with E-state index < -0.39 is 5.60 Å². The first-order valence-corrected chi connectivity index (χ1v) is 8.28. The van der Waals surface area contributed by atoms with Crippen molar-refractivity contribution in [3.05, 3.63) is 22.0 Å². The summed E-state index contributed by atoms with van der Waals surface area (Å²) in [4.78, 5) is 23.6. The van der Waals surface area contributed by atoms with Gasteiger partial charge in [-0.15, -0.1) is 0 Å². The number of nitrogens with zero attached hydrogens (tertiary/aromatic N) is 3. The van der Waals surface area contributed by atoms with E-state index in [2.05, 4.69) is 15.0 Å². The van der Waals surface area contributed by atoms with E-state index in [4.69, 9.17) is 11.6 Å². The molecule has 5 rings (SSSR count). The summed E-state index contributed by atoms with van der Waals surface area (Å²) in [5.74, 6) is 1.09. The molecule has 22 heavy (non-hydrogen) atoms. The number of nitrogens with one attached hydrogen (secondary N) is 1. The molecule has 7 heteroatoms. The third kappa shape index (κ3) is 1.57. The van der Waals surface area contributed by atoms with Crippen molar-refractivity contribution >= 4 is 22.8 Å². The minimum atomic E-state index is -0.494. The average molecular weight is 321 g/mol. The van der Waals surface area contributed by atoms with Gasteiger partial charge >= 0.3 is 5.69 Å². The van der Waals surface area contributed by atoms with Crippen molar-refractivity contribution in [2.24, 2.45) is 17.8 Å². The van der Waals surface area contributed by atoms with Crippen LogP contribution in [0, 0.1) is 17.8 Å². The Labute approximate surface area is 131 Å². The van der Waals surface area contributed by atoms with E-state index in [1.807, 2.05) is 0 Å². The third-order valence-electron chi connectivity index (χ3n) is 6.16. The number of halogens is 1. The van der Waals surface area contributed by atoms with Crippen LogP contribution < -0.4 is 5.69 Å². The maximum atomic E-state index is 12.5. The second-order valence-electron chi connectivity index (χ2n) is 7.21. The molecular weight excluding hydrogens is 304 g/mol. The Morgan fingerprint density at radius 2 is 2.18 bits per heavy atom. The van der Waals surface area contributed by atoms with Gasteiger partial charge in [0.1, 0.15) is 5.52 Å². The zero-order valence-electron chi connectivity index (χ0n) is 12.0. The van der Waals surface area contributed by atoms with Crippen LogP contribution in [0.15, 0.2) is 11.0 Å². The van der Waals surface area contributed by atoms with Gasteiger partial charge in [0.15, 0.2) is 5.65 Å². The Balaban J connectivity index is 1.71. The van der Waals surface area contributed by atoms with E-state index in [9.17, 15) is 9.90 Å². The normalized spacial score (nSPS) is 39.7. The van der Waals surface area contributed by atoms with Gasteiger partial charge in [-0.3, -0.25) is 4.57 Å². The van der Waals surface area contributed by atoms with E-state index in [-0.39, 0.29) is 17.0 Å². The van der Waals surface area contributed by atoms with Gasteiger partial charge in [-0.2, -0.15) is 4.98 Å². The third-order valence-corrected chi connectivity index (χ3v) is 6.34. The van der Waals surface area contributed by atoms with Gasteiger partial charge in [-0.05, 0) is 61.5 Å². The lowest BCUT2D eigenvalue weighted by Gasteiger charge is -2.45. The molecule has 5 atom stereocenters. The molecular formula is C15H17ClN4O2. The monoisotopic (exact) mass is 320 g/mol. The van der Waals surface area contributed by atoms with Gasteiger partial charge in [0.25, 0.3) is 0 Å². The molecule has 5 unspecified atom stereocenters. The van der Waals surface area contributed by atoms with Crippen molar-refractivity contribution in [3.63, 3.8) is 0 Å². The fourth-order valence-electron chi connectivity index (χ4n) is 5.43. The Morgan fingerprint density at radius 3 is 3.05 bits per heavy atom. The molecule has 0 radical (unpaired) electrons. The van der Waals surface area contributed by atoms with Crippen molar-refractivity contribution in [1.82, 2.24) is 19.5 Å². The molecule has 0 spiro atoms. The molecule has 116 valence electrons. The number of hydrogen-bond acceptors (Lipinski definition) is 4. The molecule has 0 amide bonds. The molecule has 0 aromatic carbocycles. The van der Waals surface area contributed by atoms with Crippen LogP contribution in [-0.2, 0) is 0 Å². The van der Waals surface area contributed by atoms with Crippen molar-refractivity contribution < 1.29 is 5.11 Å². The molecule has 0 aliphatic heterocycles. The molecule has 3 bridgehead atoms. The van der Waals surface area contributed by atoms with Crippen LogP contribution in [0.5, 0.6) is 0 Å². The van der Waals surface area contributed by atoms with Crippen LogP contribution in [0.3, 0.4) is 0 Å². The fraction of sp³-hybridized carbons (Fsp3) is 0.667. The van der Waals surface area contributed by atoms with Gasteiger partial charge in [0, 0.05) is 6.04 Å². The number of rotatable bonds is 1. The van der Waals surface area contributed by atoms with Crippen LogP contribution in [0.4, 0.5) is 0 Å². The van der Waals surface area contributed by atoms with Crippen LogP contribution in [0.1, 0.15) is 38.1 Å². The SMILES string of the molecule is O=c1[nH]c2cnc(Cl)nc2n1C1C2CCC3CC1CC3(O)C2. The molecule has 3 fully saturated rings. The standard InChI is InChI=1S/C15H17ClN4O2/c16-13-17-6-10-12(19-13)20(14(21)18-10)11-7-1-2-9-3-8(11)5-15(9,22)4-7/h6-9,11,22H,1-5H2,(H,18,21). The van der Waals surface area contributed by atoms with Gasteiger partial charge in [-0.1, -0.05) is 0 Å². The van der Waals surface area contributed by atoms with E-state index in [0.717, 1.165) is 32.1 Å². The Hall–Kier alpha value is -1.40. The predicted octanol–water partition coefficient (Wildman–Crippen LogP) is 1.89. The lowest BCUT2D eigenvalue weighted by Crippen LogP contribution is -2.46. The molecule has 6 nitrogen and oxygen atoms in total. The summed E-state index contributed by atoms with van der Waals surface area (Å²) in [5.41, 5.74) is 0.586. The van der Waals surface area contributed by atoms with Crippen LogP contribution in [0.2, 0.25) is 5.28 Å². The van der Waals surface area contributed by atoms with Crippen molar-refractivity contribution in [2.45, 2.75) is 43.7 Å². The average Bonchev–Trinajstić information content (AvgIpc) is 2.87. The van der Waals surface area contributed by atoms with Crippen molar-refractivity contribution in [2.75, 3.05) is 0 Å². The Morgan fingerprint density at radius 1 is 1.36 bits per heavy atom. The molecule has 0 saturated heterocycles. The second-order valence-corrected chi connectivity index (χ2v) is 7.55. The molecule has 3 saturated carbocycles. The zero-order chi connectivity index (χ0) is 15.1. The Kier molecular flexibility index (Phi) is 2.45. The number of H-pyrrole nitrogens is 1. The maximum absolute atomic E-state index is 12.5. The van der Waals surface area contributed by atoms with Crippen LogP contribution in [-0.4, -0.2) is 30.2 Å². The van der Waals surface area contributed by atoms with Crippen LogP contribution >= 0.6 is 11.6 Å². The van der Waals surface area contributed by atoms with Crippen molar-refractivity contribution in [3.8, 4) is 0 Å². The van der Waals surface area contributed by atoms with Gasteiger partial charge in [0.2, 0.25) is 5.28 Å². The summed E-state index contributed by atoms with van der Waals surface area (Å²) in [7, 11) is 0. The number of imidazole rings is 1. The molecule has 2 aromatic rings. The van der Waals surface area contributed by atoms with Gasteiger partial charge in [0.05, 0.1) is 11.8 Å². The first-order valence-electron chi connectivity index (χ1n) is 7.90. The van der Waals surface area contributed by atoms with Gasteiger partial charge in [-0.25, -0.2) is 9.78 Å². The van der Waals surface area contributed by atoms with E-state index in [1.165, 1.54) is 0 Å². The molecule has 2 heterocycles. The number of fused-ring (bicyclic) bond motifs is 3. The number of aromatic amines is 1. The first-order chi connectivity index (χ1) is 10.5. The van der Waals surface area contributed by atoms with E-state index in [1.54, 1.807) is 10.8 Å². The second kappa shape index (κ2) is 4.11. The van der Waals surface area contributed by atoms with E-state index in [0.29, 0.717) is 28.9 Å². The summed E-state index contributed by atoms with van der Waals surface area (Å²) in [6.45, 7) is 0. The fourth-order valence-corrected chi connectivity index (χ4v) is 5.56. The molecule has 2 N–H and O–H groups in total. The number of hydrogen-bond donors (Lipinski definition) is 2. The van der Waals surface area contributed by atoms with Crippen molar-refractivity contribution in [1.29, 1.82) is 0 Å². The zero-order valence-corrected chi connectivity index (χ0v) is 12.8. The summed E-state index contributed by atoms with van der Waals surface area (Å²) in [5, 5.41) is 11.0. The quantitative estimate of drug-likeness (QED) is 0.786. The Bertz CT molecular complexity index is 829. The maximum Gasteiger partial charge on any atom is 0.327 e. The first kappa shape index (κ1) is 13.1. The minimum absolute atomic E-state index is 0.111. The summed E-state index contributed by atoms with van der Waals surface area (Å²) >= 11 is 5.93. The lowest BCUT2D eigenvalue weighted by atomic mass is 9.67. The summed E-state index contributed by atoms with van der Waals surface area (Å²) in [6.07, 6.45) is 6.32. The minimum Gasteiger partial charge on any atom is -0.390 e. The predicted molar refractivity (Wildman–Crippen MR) is 80.7 cm³/mol. The molecule has 2 aromatic heterocycles. The lowest BCUT2D eigenvalue weighted by molar-refractivity contribution is -0.0744. The number of aromatic nitrogens is 4. The highest BCUT2D eigenvalue weighted by Gasteiger charge is 2.58. The highest BCUT2D eigenvalue weighted by molar-refractivity contribution is 6.28. The highest BCUT2D eigenvalue weighted by atomic mass is 35.5. The molecule has 3 aliphatic rings. The summed E-state index contributed by atoms with van der Waals surface area (Å²) in [6, 6.07) is 0.111. The summed E-state index contributed by atoms with van der Waals surface area (Å²) < 4.78 is 1.78. The molecule has 3 aliphatic carbocycles. The van der Waals surface area contributed by atoms with E-state index >= 15 is 0 Å². The van der Waals surface area contributed by atoms with Crippen LogP contribution in [0.25, 0.3) is 11.2 Å². The van der Waals surface area contributed by atoms with Gasteiger partial charge < -0.3 is 10.1 Å². The number of aliphatic hydroxyl groups is 1.